The van der Waals surface area contributed by atoms with Crippen molar-refractivity contribution in [3.05, 3.63) is 47.9 Å². The van der Waals surface area contributed by atoms with E-state index in [0.717, 1.165) is 72.8 Å². The van der Waals surface area contributed by atoms with Gasteiger partial charge in [-0.2, -0.15) is 10.1 Å². The number of aromatic nitrogens is 4. The Morgan fingerprint density at radius 3 is 2.67 bits per heavy atom. The predicted octanol–water partition coefficient (Wildman–Crippen LogP) is 5.46. The second-order valence-electron chi connectivity index (χ2n) is 9.39. The van der Waals surface area contributed by atoms with Crippen LogP contribution in [-0.4, -0.2) is 39.0 Å². The lowest BCUT2D eigenvalue weighted by Gasteiger charge is -2.16. The van der Waals surface area contributed by atoms with Crippen LogP contribution in [0.3, 0.4) is 0 Å². The monoisotopic (exact) mass is 445 g/mol. The molecule has 7 heteroatoms. The maximum Gasteiger partial charge on any atom is 0.251 e. The summed E-state index contributed by atoms with van der Waals surface area (Å²) in [7, 11) is 0. The van der Waals surface area contributed by atoms with E-state index >= 15 is 0 Å². The zero-order valence-electron chi connectivity index (χ0n) is 20.2. The van der Waals surface area contributed by atoms with Gasteiger partial charge in [0.2, 0.25) is 0 Å². The lowest BCUT2D eigenvalue weighted by atomic mass is 10.0. The molecule has 7 nitrogen and oxygen atoms in total. The molecule has 1 aliphatic rings. The normalized spacial score (nSPS) is 18.0. The molecule has 0 bridgehead atoms. The van der Waals surface area contributed by atoms with E-state index in [4.69, 9.17) is 15.0 Å². The van der Waals surface area contributed by atoms with Crippen molar-refractivity contribution in [3.8, 4) is 11.1 Å². The summed E-state index contributed by atoms with van der Waals surface area (Å²) in [5.74, 6) is 2.59. The smallest absolute Gasteiger partial charge is 0.251 e. The first-order valence-corrected chi connectivity index (χ1v) is 12.0. The maximum absolute atomic E-state index is 4.90. The van der Waals surface area contributed by atoms with Crippen LogP contribution in [0.25, 0.3) is 11.1 Å². The van der Waals surface area contributed by atoms with Crippen LogP contribution in [0.4, 0.5) is 17.5 Å². The summed E-state index contributed by atoms with van der Waals surface area (Å²) in [6.07, 6.45) is 7.64. The van der Waals surface area contributed by atoms with Gasteiger partial charge in [-0.25, -0.2) is 9.98 Å². The Kier molecular flexibility index (Phi) is 7.50. The van der Waals surface area contributed by atoms with E-state index in [1.54, 1.807) is 0 Å². The lowest BCUT2D eigenvalue weighted by Crippen LogP contribution is -2.22. The third-order valence-corrected chi connectivity index (χ3v) is 6.02. The molecular formula is C26H35N7. The summed E-state index contributed by atoms with van der Waals surface area (Å²) >= 11 is 0. The molecule has 0 radical (unpaired) electrons. The molecule has 3 heterocycles. The number of aromatic amines is 1. The van der Waals surface area contributed by atoms with E-state index in [1.165, 1.54) is 5.56 Å². The van der Waals surface area contributed by atoms with Crippen LogP contribution in [0.1, 0.15) is 51.8 Å². The number of rotatable bonds is 7. The molecule has 0 aliphatic carbocycles. The number of anilines is 2. The van der Waals surface area contributed by atoms with Gasteiger partial charge in [-0.1, -0.05) is 39.8 Å². The molecule has 1 fully saturated rings. The summed E-state index contributed by atoms with van der Waals surface area (Å²) in [5.41, 5.74) is 6.58. The first-order valence-electron chi connectivity index (χ1n) is 12.0. The Morgan fingerprint density at radius 1 is 1.15 bits per heavy atom. The highest BCUT2D eigenvalue weighted by Crippen LogP contribution is 2.28. The average Bonchev–Trinajstić information content (AvgIpc) is 3.25. The Hall–Kier alpha value is -3.06. The quantitative estimate of drug-likeness (QED) is 0.449. The van der Waals surface area contributed by atoms with Gasteiger partial charge in [0.25, 0.3) is 5.95 Å². The van der Waals surface area contributed by atoms with Gasteiger partial charge in [0.05, 0.1) is 11.9 Å². The van der Waals surface area contributed by atoms with Gasteiger partial charge >= 0.3 is 0 Å². The van der Waals surface area contributed by atoms with Crippen molar-refractivity contribution in [1.29, 1.82) is 0 Å². The van der Waals surface area contributed by atoms with Crippen molar-refractivity contribution in [2.24, 2.45) is 16.8 Å². The topological polar surface area (TPSA) is 90.9 Å². The summed E-state index contributed by atoms with van der Waals surface area (Å²) in [6, 6.07) is 8.34. The van der Waals surface area contributed by atoms with Gasteiger partial charge < -0.3 is 10.6 Å². The highest BCUT2D eigenvalue weighted by Gasteiger charge is 2.16. The fraction of sp³-hybridized carbons (Fsp3) is 0.462. The second kappa shape index (κ2) is 10.7. The standard InChI is InChI=1S/C26H35N7/c1-5-23-24(12-17(2)3)32-26(31-22-9-6-18(4)13-27-16-22)33-25(23)30-21-10-7-19(8-11-21)20-14-28-29-15-20/h7-8,10-11,14-15,17-18,27H,5-6,9,12-13,16H2,1-4H3,(H,28,29)(H,30,32,33). The van der Waals surface area contributed by atoms with E-state index in [2.05, 4.69) is 72.8 Å². The number of H-pyrrole nitrogens is 1. The number of aliphatic imine (C=N–C) groups is 1. The second-order valence-corrected chi connectivity index (χ2v) is 9.39. The molecule has 174 valence electrons. The molecule has 1 atom stereocenters. The minimum atomic E-state index is 0.508. The van der Waals surface area contributed by atoms with E-state index in [-0.39, 0.29) is 0 Å². The Morgan fingerprint density at radius 2 is 1.97 bits per heavy atom. The largest absolute Gasteiger partial charge is 0.340 e. The molecule has 0 spiro atoms. The fourth-order valence-corrected chi connectivity index (χ4v) is 4.19. The van der Waals surface area contributed by atoms with E-state index in [9.17, 15) is 0 Å². The van der Waals surface area contributed by atoms with Gasteiger partial charge in [0.1, 0.15) is 5.82 Å². The Balaban J connectivity index is 1.65. The molecule has 1 unspecified atom stereocenters. The third kappa shape index (κ3) is 6.05. The van der Waals surface area contributed by atoms with Crippen LogP contribution in [0, 0.1) is 11.8 Å². The minimum Gasteiger partial charge on any atom is -0.340 e. The zero-order valence-corrected chi connectivity index (χ0v) is 20.2. The number of benzene rings is 1. The molecule has 0 amide bonds. The van der Waals surface area contributed by atoms with E-state index in [1.807, 2.05) is 12.4 Å². The first kappa shape index (κ1) is 23.1. The number of nitrogens with one attached hydrogen (secondary N) is 3. The molecule has 0 saturated carbocycles. The predicted molar refractivity (Wildman–Crippen MR) is 136 cm³/mol. The fourth-order valence-electron chi connectivity index (χ4n) is 4.19. The number of hydrogen-bond donors (Lipinski definition) is 3. The van der Waals surface area contributed by atoms with Gasteiger partial charge in [0, 0.05) is 35.3 Å². The van der Waals surface area contributed by atoms with Crippen LogP contribution in [0.5, 0.6) is 0 Å². The number of hydrogen-bond acceptors (Lipinski definition) is 6. The molecule has 1 saturated heterocycles. The van der Waals surface area contributed by atoms with E-state index in [0.29, 0.717) is 17.8 Å². The minimum absolute atomic E-state index is 0.508. The average molecular weight is 446 g/mol. The SMILES string of the molecule is CCc1c(CC(C)C)nc(N=C2CCC(C)CNC2)nc1Nc1ccc(-c2cn[nH]c2)cc1. The highest BCUT2D eigenvalue weighted by atomic mass is 15.1. The summed E-state index contributed by atoms with van der Waals surface area (Å²) < 4.78 is 0. The Labute approximate surface area is 196 Å². The van der Waals surface area contributed by atoms with Gasteiger partial charge in [0.15, 0.2) is 0 Å². The summed E-state index contributed by atoms with van der Waals surface area (Å²) in [5, 5.41) is 14.0. The highest BCUT2D eigenvalue weighted by molar-refractivity contribution is 5.88. The van der Waals surface area contributed by atoms with Gasteiger partial charge in [-0.15, -0.1) is 0 Å². The van der Waals surface area contributed by atoms with Gasteiger partial charge in [-0.3, -0.25) is 5.10 Å². The van der Waals surface area contributed by atoms with Crippen molar-refractivity contribution in [2.75, 3.05) is 18.4 Å². The molecule has 1 aliphatic heterocycles. The van der Waals surface area contributed by atoms with Crippen LogP contribution in [-0.2, 0) is 12.8 Å². The summed E-state index contributed by atoms with van der Waals surface area (Å²) in [6.45, 7) is 10.7. The summed E-state index contributed by atoms with van der Waals surface area (Å²) in [4.78, 5) is 14.7. The van der Waals surface area contributed by atoms with Crippen molar-refractivity contribution >= 4 is 23.2 Å². The molecule has 4 rings (SSSR count). The van der Waals surface area contributed by atoms with Crippen LogP contribution < -0.4 is 10.6 Å². The first-order chi connectivity index (χ1) is 16.0. The lowest BCUT2D eigenvalue weighted by molar-refractivity contribution is 0.527. The zero-order chi connectivity index (χ0) is 23.2. The Bertz CT molecular complexity index is 1070. The van der Waals surface area contributed by atoms with Crippen LogP contribution >= 0.6 is 0 Å². The maximum atomic E-state index is 4.90. The van der Waals surface area contributed by atoms with Crippen LogP contribution in [0.2, 0.25) is 0 Å². The molecule has 33 heavy (non-hydrogen) atoms. The van der Waals surface area contributed by atoms with Crippen molar-refractivity contribution in [3.63, 3.8) is 0 Å². The molecular weight excluding hydrogens is 410 g/mol. The van der Waals surface area contributed by atoms with Crippen molar-refractivity contribution < 1.29 is 0 Å². The molecule has 1 aromatic carbocycles. The number of nitrogens with zero attached hydrogens (tertiary/aromatic N) is 4. The molecule has 2 aromatic heterocycles. The molecule has 3 aromatic rings. The van der Waals surface area contributed by atoms with Crippen LogP contribution in [0.15, 0.2) is 41.7 Å². The third-order valence-electron chi connectivity index (χ3n) is 6.02. The molecule has 3 N–H and O–H groups in total. The van der Waals surface area contributed by atoms with Crippen molar-refractivity contribution in [1.82, 2.24) is 25.5 Å². The van der Waals surface area contributed by atoms with Crippen molar-refractivity contribution in [2.45, 2.75) is 53.4 Å². The van der Waals surface area contributed by atoms with Gasteiger partial charge in [-0.05, 0) is 61.8 Å². The van der Waals surface area contributed by atoms with E-state index < -0.39 is 0 Å².